The second-order valence-corrected chi connectivity index (χ2v) is 4.94. The van der Waals surface area contributed by atoms with Crippen LogP contribution < -0.4 is 10.6 Å². The van der Waals surface area contributed by atoms with E-state index in [1.165, 1.54) is 0 Å². The summed E-state index contributed by atoms with van der Waals surface area (Å²) in [6.07, 6.45) is 0. The van der Waals surface area contributed by atoms with Crippen LogP contribution in [-0.4, -0.2) is 36.5 Å². The molecule has 0 fully saturated rings. The van der Waals surface area contributed by atoms with Crippen molar-refractivity contribution in [2.45, 2.75) is 26.4 Å². The van der Waals surface area contributed by atoms with E-state index in [0.29, 0.717) is 18.1 Å². The number of nitrogens with zero attached hydrogens (tertiary/aromatic N) is 1. The smallest absolute Gasteiger partial charge is 0.321 e. The number of nitrogens with one attached hydrogen (secondary N) is 2. The Morgan fingerprint density at radius 3 is 2.60 bits per heavy atom. The van der Waals surface area contributed by atoms with Gasteiger partial charge in [-0.2, -0.15) is 0 Å². The molecule has 0 spiro atoms. The van der Waals surface area contributed by atoms with Crippen molar-refractivity contribution >= 4 is 23.5 Å². The molecule has 0 saturated carbocycles. The number of urea groups is 1. The predicted octanol–water partition coefficient (Wildman–Crippen LogP) is 2.01. The molecule has 20 heavy (non-hydrogen) atoms. The summed E-state index contributed by atoms with van der Waals surface area (Å²) in [5.41, 5.74) is 0.939. The number of hydrogen-bond donors (Lipinski definition) is 2. The zero-order valence-corrected chi connectivity index (χ0v) is 12.7. The molecule has 0 aliphatic heterocycles. The van der Waals surface area contributed by atoms with Crippen molar-refractivity contribution < 1.29 is 9.59 Å². The normalized spacial score (nSPS) is 12.1. The van der Waals surface area contributed by atoms with E-state index in [1.807, 2.05) is 36.2 Å². The molecule has 0 aliphatic carbocycles. The Balaban J connectivity index is 2.58. The molecule has 0 unspecified atom stereocenters. The second-order valence-electron chi connectivity index (χ2n) is 4.53. The van der Waals surface area contributed by atoms with E-state index in [2.05, 4.69) is 10.6 Å². The van der Waals surface area contributed by atoms with Crippen molar-refractivity contribution in [3.05, 3.63) is 34.9 Å². The van der Waals surface area contributed by atoms with Crippen LogP contribution in [-0.2, 0) is 11.3 Å². The summed E-state index contributed by atoms with van der Waals surface area (Å²) in [7, 11) is 1.81. The number of carbonyl (C=O) groups is 2. The molecule has 0 aromatic heterocycles. The summed E-state index contributed by atoms with van der Waals surface area (Å²) in [5, 5.41) is 5.48. The van der Waals surface area contributed by atoms with Gasteiger partial charge in [-0.05, 0) is 32.5 Å². The average Bonchev–Trinajstić information content (AvgIpc) is 2.40. The number of carbonyl (C=O) groups excluding carboxylic acids is 2. The minimum atomic E-state index is -0.476. The molecule has 1 rings (SSSR count). The van der Waals surface area contributed by atoms with Crippen LogP contribution in [0.15, 0.2) is 24.3 Å². The predicted molar refractivity (Wildman–Crippen MR) is 79.6 cm³/mol. The Kier molecular flexibility index (Phi) is 6.48. The molecule has 1 aromatic rings. The molecule has 1 aromatic carbocycles. The highest BCUT2D eigenvalue weighted by Crippen LogP contribution is 2.17. The van der Waals surface area contributed by atoms with E-state index in [4.69, 9.17) is 11.6 Å². The summed E-state index contributed by atoms with van der Waals surface area (Å²) in [4.78, 5) is 25.0. The molecule has 0 heterocycles. The lowest BCUT2D eigenvalue weighted by atomic mass is 10.2. The largest absolute Gasteiger partial charge is 0.338 e. The fourth-order valence-electron chi connectivity index (χ4n) is 1.65. The average molecular weight is 298 g/mol. The van der Waals surface area contributed by atoms with Crippen molar-refractivity contribution in [3.8, 4) is 0 Å². The topological polar surface area (TPSA) is 61.4 Å². The standard InChI is InChI=1S/C14H20ClN3O2/c1-4-16-14(20)17-13(19)10(2)18(3)9-11-7-5-6-8-12(11)15/h5-8,10H,4,9H2,1-3H3,(H2,16,17,19,20)/t10-/m0/s1. The molecule has 110 valence electrons. The lowest BCUT2D eigenvalue weighted by molar-refractivity contribution is -0.124. The molecule has 0 aliphatic rings. The van der Waals surface area contributed by atoms with Crippen molar-refractivity contribution in [1.82, 2.24) is 15.5 Å². The third kappa shape index (κ3) is 4.83. The maximum Gasteiger partial charge on any atom is 0.321 e. The number of imide groups is 1. The van der Waals surface area contributed by atoms with E-state index in [9.17, 15) is 9.59 Å². The van der Waals surface area contributed by atoms with E-state index in [-0.39, 0.29) is 5.91 Å². The first kappa shape index (κ1) is 16.5. The van der Waals surface area contributed by atoms with Gasteiger partial charge in [-0.3, -0.25) is 15.0 Å². The third-order valence-electron chi connectivity index (χ3n) is 2.99. The molecular weight excluding hydrogens is 278 g/mol. The molecule has 0 radical (unpaired) electrons. The summed E-state index contributed by atoms with van der Waals surface area (Å²) in [6, 6.07) is 6.56. The van der Waals surface area contributed by atoms with E-state index < -0.39 is 12.1 Å². The van der Waals surface area contributed by atoms with Crippen LogP contribution in [0.4, 0.5) is 4.79 Å². The zero-order chi connectivity index (χ0) is 15.1. The van der Waals surface area contributed by atoms with Gasteiger partial charge in [0.25, 0.3) is 0 Å². The molecule has 2 N–H and O–H groups in total. The molecular formula is C14H20ClN3O2. The Bertz CT molecular complexity index is 479. The highest BCUT2D eigenvalue weighted by molar-refractivity contribution is 6.31. The molecule has 0 saturated heterocycles. The molecule has 1 atom stereocenters. The highest BCUT2D eigenvalue weighted by atomic mass is 35.5. The van der Waals surface area contributed by atoms with E-state index in [0.717, 1.165) is 5.56 Å². The van der Waals surface area contributed by atoms with Crippen LogP contribution in [0.1, 0.15) is 19.4 Å². The minimum Gasteiger partial charge on any atom is -0.338 e. The molecule has 5 nitrogen and oxygen atoms in total. The zero-order valence-electron chi connectivity index (χ0n) is 11.9. The van der Waals surface area contributed by atoms with Crippen molar-refractivity contribution in [2.75, 3.05) is 13.6 Å². The van der Waals surface area contributed by atoms with Crippen LogP contribution in [0.5, 0.6) is 0 Å². The summed E-state index contributed by atoms with van der Waals surface area (Å²) < 4.78 is 0. The summed E-state index contributed by atoms with van der Waals surface area (Å²) in [5.74, 6) is -0.342. The van der Waals surface area contributed by atoms with E-state index >= 15 is 0 Å². The minimum absolute atomic E-state index is 0.342. The SMILES string of the molecule is CCNC(=O)NC(=O)[C@H](C)N(C)Cc1ccccc1Cl. The van der Waals surface area contributed by atoms with Gasteiger partial charge in [-0.25, -0.2) is 4.79 Å². The highest BCUT2D eigenvalue weighted by Gasteiger charge is 2.20. The van der Waals surface area contributed by atoms with Gasteiger partial charge in [0, 0.05) is 18.1 Å². The van der Waals surface area contributed by atoms with Crippen LogP contribution in [0.2, 0.25) is 5.02 Å². The number of amides is 3. The number of benzene rings is 1. The van der Waals surface area contributed by atoms with Gasteiger partial charge in [0.2, 0.25) is 5.91 Å². The molecule has 0 bridgehead atoms. The second kappa shape index (κ2) is 7.87. The third-order valence-corrected chi connectivity index (χ3v) is 3.36. The quantitative estimate of drug-likeness (QED) is 0.874. The van der Waals surface area contributed by atoms with Crippen LogP contribution in [0, 0.1) is 0 Å². The summed E-state index contributed by atoms with van der Waals surface area (Å²) >= 11 is 6.09. The van der Waals surface area contributed by atoms with Gasteiger partial charge >= 0.3 is 6.03 Å². The van der Waals surface area contributed by atoms with Crippen LogP contribution in [0.25, 0.3) is 0 Å². The lowest BCUT2D eigenvalue weighted by Crippen LogP contribution is -2.48. The van der Waals surface area contributed by atoms with Crippen molar-refractivity contribution in [1.29, 1.82) is 0 Å². The fourth-order valence-corrected chi connectivity index (χ4v) is 1.85. The number of likely N-dealkylation sites (N-methyl/N-ethyl adjacent to an activating group) is 1. The Labute approximate surface area is 124 Å². The Hall–Kier alpha value is -1.59. The first-order chi connectivity index (χ1) is 9.45. The first-order valence-electron chi connectivity index (χ1n) is 6.48. The van der Waals surface area contributed by atoms with Crippen LogP contribution in [0.3, 0.4) is 0 Å². The maximum atomic E-state index is 11.9. The van der Waals surface area contributed by atoms with Gasteiger partial charge in [-0.1, -0.05) is 29.8 Å². The van der Waals surface area contributed by atoms with Gasteiger partial charge in [0.15, 0.2) is 0 Å². The van der Waals surface area contributed by atoms with Crippen molar-refractivity contribution in [2.24, 2.45) is 0 Å². The molecule has 6 heteroatoms. The van der Waals surface area contributed by atoms with Crippen LogP contribution >= 0.6 is 11.6 Å². The van der Waals surface area contributed by atoms with Gasteiger partial charge in [0.1, 0.15) is 0 Å². The number of hydrogen-bond acceptors (Lipinski definition) is 3. The summed E-state index contributed by atoms with van der Waals surface area (Å²) in [6.45, 7) is 4.54. The number of halogens is 1. The van der Waals surface area contributed by atoms with Gasteiger partial charge in [0.05, 0.1) is 6.04 Å². The Morgan fingerprint density at radius 1 is 1.35 bits per heavy atom. The van der Waals surface area contributed by atoms with E-state index in [1.54, 1.807) is 13.8 Å². The first-order valence-corrected chi connectivity index (χ1v) is 6.85. The van der Waals surface area contributed by atoms with Gasteiger partial charge in [-0.15, -0.1) is 0 Å². The van der Waals surface area contributed by atoms with Gasteiger partial charge < -0.3 is 5.32 Å². The number of rotatable bonds is 5. The molecule has 3 amide bonds. The maximum absolute atomic E-state index is 11.9. The monoisotopic (exact) mass is 297 g/mol. The fraction of sp³-hybridized carbons (Fsp3) is 0.429. The Morgan fingerprint density at radius 2 is 2.00 bits per heavy atom. The lowest BCUT2D eigenvalue weighted by Gasteiger charge is -2.24. The van der Waals surface area contributed by atoms with Crippen molar-refractivity contribution in [3.63, 3.8) is 0 Å².